The number of nitrogens with one attached hydrogen (secondary N) is 2. The number of anilines is 3. The van der Waals surface area contributed by atoms with Crippen LogP contribution >= 0.6 is 11.6 Å². The minimum absolute atomic E-state index is 0.0506. The van der Waals surface area contributed by atoms with Crippen molar-refractivity contribution >= 4 is 50.6 Å². The fraction of sp³-hybridized carbons (Fsp3) is 0.368. The summed E-state index contributed by atoms with van der Waals surface area (Å²) in [5.74, 6) is -0.952. The smallest absolute Gasteiger partial charge is 0.233 e. The van der Waals surface area contributed by atoms with E-state index in [0.29, 0.717) is 30.0 Å². The van der Waals surface area contributed by atoms with Crippen molar-refractivity contribution in [1.29, 1.82) is 0 Å². The Bertz CT molecular complexity index is 1090. The van der Waals surface area contributed by atoms with E-state index in [-0.39, 0.29) is 21.9 Å². The summed E-state index contributed by atoms with van der Waals surface area (Å²) < 4.78 is 41.5. The van der Waals surface area contributed by atoms with Gasteiger partial charge in [0.15, 0.2) is 17.9 Å². The van der Waals surface area contributed by atoms with Crippen LogP contribution in [0.3, 0.4) is 0 Å². The molecule has 11 heteroatoms. The molecule has 1 atom stereocenters. The van der Waals surface area contributed by atoms with E-state index in [4.69, 9.17) is 11.6 Å². The Morgan fingerprint density at radius 3 is 2.70 bits per heavy atom. The van der Waals surface area contributed by atoms with Crippen LogP contribution in [0.25, 0.3) is 11.6 Å². The maximum absolute atomic E-state index is 15.3. The Morgan fingerprint density at radius 1 is 1.30 bits per heavy atom. The van der Waals surface area contributed by atoms with Crippen LogP contribution in [0.1, 0.15) is 31.4 Å². The van der Waals surface area contributed by atoms with E-state index in [9.17, 15) is 13.5 Å². The molecule has 162 valence electrons. The van der Waals surface area contributed by atoms with Gasteiger partial charge in [0.05, 0.1) is 16.5 Å². The summed E-state index contributed by atoms with van der Waals surface area (Å²) in [7, 11) is -2.10. The van der Waals surface area contributed by atoms with Crippen molar-refractivity contribution < 1.29 is 17.9 Å². The lowest BCUT2D eigenvalue weighted by Gasteiger charge is -2.33. The summed E-state index contributed by atoms with van der Waals surface area (Å²) in [5, 5.41) is 13.9. The largest absolute Gasteiger partial charge is 0.370 e. The number of sulfonamides is 1. The van der Waals surface area contributed by atoms with Gasteiger partial charge in [-0.3, -0.25) is 4.72 Å². The molecule has 0 amide bonds. The van der Waals surface area contributed by atoms with Gasteiger partial charge in [0.2, 0.25) is 10.0 Å². The van der Waals surface area contributed by atoms with E-state index in [1.165, 1.54) is 0 Å². The Morgan fingerprint density at radius 2 is 2.03 bits per heavy atom. The van der Waals surface area contributed by atoms with Crippen LogP contribution in [-0.2, 0) is 10.0 Å². The summed E-state index contributed by atoms with van der Waals surface area (Å²) in [4.78, 5) is 9.65. The maximum Gasteiger partial charge on any atom is 0.233 e. The Kier molecular flexibility index (Phi) is 6.49. The molecule has 1 aliphatic heterocycles. The molecule has 0 saturated carbocycles. The summed E-state index contributed by atoms with van der Waals surface area (Å²) in [6.07, 6.45) is 3.48. The Balaban J connectivity index is 2.09. The van der Waals surface area contributed by atoms with Gasteiger partial charge in [-0.05, 0) is 19.4 Å². The van der Waals surface area contributed by atoms with Gasteiger partial charge >= 0.3 is 0 Å². The second-order valence-corrected chi connectivity index (χ2v) is 9.06. The van der Waals surface area contributed by atoms with E-state index in [0.717, 1.165) is 6.20 Å². The molecule has 2 aromatic rings. The van der Waals surface area contributed by atoms with Crippen molar-refractivity contribution in [1.82, 2.24) is 9.97 Å². The van der Waals surface area contributed by atoms with Crippen molar-refractivity contribution in [3.8, 4) is 0 Å². The molecule has 0 aliphatic carbocycles. The van der Waals surface area contributed by atoms with Gasteiger partial charge in [0.1, 0.15) is 5.82 Å². The lowest BCUT2D eigenvalue weighted by molar-refractivity contribution is 0.232. The summed E-state index contributed by atoms with van der Waals surface area (Å²) in [5.41, 5.74) is 1.40. The third-order valence-corrected chi connectivity index (χ3v) is 6.33. The van der Waals surface area contributed by atoms with Gasteiger partial charge in [0, 0.05) is 48.8 Å². The number of hydrogen-bond acceptors (Lipinski definition) is 7. The molecular weight excluding hydrogens is 433 g/mol. The fourth-order valence-electron chi connectivity index (χ4n) is 3.20. The number of hydrogen-bond donors (Lipinski definition) is 3. The Labute approximate surface area is 179 Å². The highest BCUT2D eigenvalue weighted by Crippen LogP contribution is 2.40. The number of likely N-dealkylation sites (N-methyl/N-ethyl adjacent to an activating group) is 1. The Hall–Kier alpha value is -2.43. The summed E-state index contributed by atoms with van der Waals surface area (Å²) >= 11 is 6.20. The van der Waals surface area contributed by atoms with Crippen LogP contribution in [0, 0.1) is 5.82 Å². The van der Waals surface area contributed by atoms with Crippen LogP contribution in [0.2, 0.25) is 5.02 Å². The maximum atomic E-state index is 15.3. The molecule has 0 aromatic carbocycles. The first-order valence-electron chi connectivity index (χ1n) is 9.39. The van der Waals surface area contributed by atoms with Crippen LogP contribution in [0.5, 0.6) is 0 Å². The molecule has 0 spiro atoms. The number of pyridine rings is 2. The van der Waals surface area contributed by atoms with Gasteiger partial charge < -0.3 is 15.3 Å². The van der Waals surface area contributed by atoms with Gasteiger partial charge in [-0.15, -0.1) is 0 Å². The van der Waals surface area contributed by atoms with Gasteiger partial charge in [-0.2, -0.15) is 0 Å². The number of aromatic nitrogens is 2. The SMILES string of the molecule is CCCS(=O)(=O)Nc1ncc(Cl)c(C2=Cc3cnc(NCC)cc3N(C)C2O)c1F. The van der Waals surface area contributed by atoms with Crippen molar-refractivity contribution in [2.45, 2.75) is 26.5 Å². The average Bonchev–Trinajstić information content (AvgIpc) is 2.68. The van der Waals surface area contributed by atoms with E-state index < -0.39 is 27.9 Å². The highest BCUT2D eigenvalue weighted by molar-refractivity contribution is 7.92. The molecule has 0 saturated heterocycles. The number of nitrogens with zero attached hydrogens (tertiary/aromatic N) is 3. The third-order valence-electron chi connectivity index (χ3n) is 4.59. The third kappa shape index (κ3) is 4.35. The second kappa shape index (κ2) is 8.75. The van der Waals surface area contributed by atoms with Crippen molar-refractivity contribution in [2.24, 2.45) is 0 Å². The molecule has 3 N–H and O–H groups in total. The zero-order valence-corrected chi connectivity index (χ0v) is 18.4. The summed E-state index contributed by atoms with van der Waals surface area (Å²) in [6, 6.07) is 1.78. The van der Waals surface area contributed by atoms with Gasteiger partial charge in [-0.25, -0.2) is 22.8 Å². The molecule has 0 fully saturated rings. The monoisotopic (exact) mass is 455 g/mol. The second-order valence-electron chi connectivity index (χ2n) is 6.81. The van der Waals surface area contributed by atoms with E-state index in [1.54, 1.807) is 37.2 Å². The lowest BCUT2D eigenvalue weighted by Crippen LogP contribution is -2.35. The molecule has 1 unspecified atom stereocenters. The normalized spacial score (nSPS) is 16.1. The first kappa shape index (κ1) is 22.3. The number of rotatable bonds is 7. The van der Waals surface area contributed by atoms with E-state index in [1.807, 2.05) is 6.92 Å². The molecule has 30 heavy (non-hydrogen) atoms. The zero-order valence-electron chi connectivity index (χ0n) is 16.8. The first-order valence-corrected chi connectivity index (χ1v) is 11.4. The van der Waals surface area contributed by atoms with Gasteiger partial charge in [-0.1, -0.05) is 18.5 Å². The molecule has 3 rings (SSSR count). The number of aliphatic hydroxyl groups excluding tert-OH is 1. The minimum Gasteiger partial charge on any atom is -0.370 e. The van der Waals surface area contributed by atoms with Crippen LogP contribution in [0.15, 0.2) is 18.5 Å². The lowest BCUT2D eigenvalue weighted by atomic mass is 9.96. The number of halogens is 2. The van der Waals surface area contributed by atoms with Crippen molar-refractivity contribution in [3.63, 3.8) is 0 Å². The van der Waals surface area contributed by atoms with Crippen LogP contribution < -0.4 is 14.9 Å². The van der Waals surface area contributed by atoms with Crippen LogP contribution in [-0.4, -0.2) is 49.1 Å². The standard InChI is InChI=1S/C19H23ClFN5O3S/c1-4-6-30(28,29)25-18-17(21)16(13(20)10-24-18)12-7-11-9-23-15(22-5-2)8-14(11)26(3)19(12)27/h7-10,19,27H,4-6H2,1-3H3,(H,22,23)(H,24,25). The molecule has 1 aliphatic rings. The molecule has 0 bridgehead atoms. The van der Waals surface area contributed by atoms with Gasteiger partial charge in [0.25, 0.3) is 0 Å². The van der Waals surface area contributed by atoms with Crippen LogP contribution in [0.4, 0.5) is 21.7 Å². The topological polar surface area (TPSA) is 107 Å². The first-order chi connectivity index (χ1) is 14.2. The molecule has 3 heterocycles. The minimum atomic E-state index is -3.76. The highest BCUT2D eigenvalue weighted by Gasteiger charge is 2.30. The fourth-order valence-corrected chi connectivity index (χ4v) is 4.52. The van der Waals surface area contributed by atoms with E-state index >= 15 is 4.39 Å². The molecule has 8 nitrogen and oxygen atoms in total. The van der Waals surface area contributed by atoms with Crippen molar-refractivity contribution in [2.75, 3.05) is 34.3 Å². The molecule has 2 aromatic heterocycles. The molecular formula is C19H23ClFN5O3S. The zero-order chi connectivity index (χ0) is 22.1. The quantitative estimate of drug-likeness (QED) is 0.588. The number of aliphatic hydroxyl groups is 1. The highest BCUT2D eigenvalue weighted by atomic mass is 35.5. The predicted octanol–water partition coefficient (Wildman–Crippen LogP) is 3.16. The van der Waals surface area contributed by atoms with Crippen molar-refractivity contribution in [3.05, 3.63) is 40.4 Å². The summed E-state index contributed by atoms with van der Waals surface area (Å²) in [6.45, 7) is 4.33. The molecule has 0 radical (unpaired) electrons. The predicted molar refractivity (Wildman–Crippen MR) is 118 cm³/mol. The average molecular weight is 456 g/mol. The van der Waals surface area contributed by atoms with E-state index in [2.05, 4.69) is 20.0 Å². The number of fused-ring (bicyclic) bond motifs is 1.